The Balaban J connectivity index is 2.31. The zero-order valence-electron chi connectivity index (χ0n) is 16.5. The molecule has 5 nitrogen and oxygen atoms in total. The van der Waals surface area contributed by atoms with Gasteiger partial charge in [0.15, 0.2) is 11.5 Å². The first-order chi connectivity index (χ1) is 12.3. The predicted molar refractivity (Wildman–Crippen MR) is 103 cm³/mol. The minimum absolute atomic E-state index is 0.124. The SMILES string of the molecule is COc1cc(C(=O)N[C@@H](C)c2cc(C)c(C)cc2C)cc(OC)c1OC. The molecule has 0 unspecified atom stereocenters. The Labute approximate surface area is 155 Å². The number of rotatable bonds is 6. The quantitative estimate of drug-likeness (QED) is 0.845. The third-order valence-electron chi connectivity index (χ3n) is 4.62. The van der Waals surface area contributed by atoms with Crippen LogP contribution in [0.25, 0.3) is 0 Å². The smallest absolute Gasteiger partial charge is 0.252 e. The summed E-state index contributed by atoms with van der Waals surface area (Å²) in [5.74, 6) is 1.16. The van der Waals surface area contributed by atoms with Gasteiger partial charge in [-0.1, -0.05) is 12.1 Å². The second-order valence-electron chi connectivity index (χ2n) is 6.40. The van der Waals surface area contributed by atoms with Crippen LogP contribution < -0.4 is 19.5 Å². The largest absolute Gasteiger partial charge is 0.493 e. The van der Waals surface area contributed by atoms with E-state index in [1.807, 2.05) is 6.92 Å². The van der Waals surface area contributed by atoms with Gasteiger partial charge in [0.2, 0.25) is 5.75 Å². The van der Waals surface area contributed by atoms with Crippen LogP contribution in [0.1, 0.15) is 45.6 Å². The Morgan fingerprint density at radius 1 is 0.846 bits per heavy atom. The van der Waals surface area contributed by atoms with Gasteiger partial charge in [0.1, 0.15) is 0 Å². The lowest BCUT2D eigenvalue weighted by Crippen LogP contribution is -2.27. The van der Waals surface area contributed by atoms with E-state index >= 15 is 0 Å². The summed E-state index contributed by atoms with van der Waals surface area (Å²) in [4.78, 5) is 12.8. The first-order valence-corrected chi connectivity index (χ1v) is 8.51. The van der Waals surface area contributed by atoms with Gasteiger partial charge < -0.3 is 19.5 Å². The summed E-state index contributed by atoms with van der Waals surface area (Å²) < 4.78 is 15.9. The van der Waals surface area contributed by atoms with Crippen molar-refractivity contribution in [3.05, 3.63) is 52.1 Å². The molecule has 1 atom stereocenters. The number of benzene rings is 2. The molecule has 1 N–H and O–H groups in total. The normalized spacial score (nSPS) is 11.7. The van der Waals surface area contributed by atoms with Crippen LogP contribution in [0.4, 0.5) is 0 Å². The molecule has 0 bridgehead atoms. The summed E-state index contributed by atoms with van der Waals surface area (Å²) in [5, 5.41) is 3.05. The predicted octanol–water partition coefficient (Wildman–Crippen LogP) is 4.13. The van der Waals surface area contributed by atoms with Gasteiger partial charge in [0.25, 0.3) is 5.91 Å². The van der Waals surface area contributed by atoms with E-state index in [2.05, 4.69) is 38.2 Å². The first-order valence-electron chi connectivity index (χ1n) is 8.51. The molecule has 1 amide bonds. The number of hydrogen-bond acceptors (Lipinski definition) is 4. The van der Waals surface area contributed by atoms with E-state index in [-0.39, 0.29) is 11.9 Å². The topological polar surface area (TPSA) is 56.8 Å². The second-order valence-corrected chi connectivity index (χ2v) is 6.40. The van der Waals surface area contributed by atoms with Gasteiger partial charge in [-0.05, 0) is 62.1 Å². The summed E-state index contributed by atoms with van der Waals surface area (Å²) in [6, 6.07) is 7.45. The minimum Gasteiger partial charge on any atom is -0.493 e. The third-order valence-corrected chi connectivity index (χ3v) is 4.62. The van der Waals surface area contributed by atoms with E-state index in [9.17, 15) is 4.79 Å². The number of amides is 1. The van der Waals surface area contributed by atoms with E-state index in [4.69, 9.17) is 14.2 Å². The van der Waals surface area contributed by atoms with Crippen LogP contribution in [0.15, 0.2) is 24.3 Å². The van der Waals surface area contributed by atoms with Gasteiger partial charge in [0.05, 0.1) is 27.4 Å². The summed E-state index contributed by atoms with van der Waals surface area (Å²) in [6.45, 7) is 8.20. The van der Waals surface area contributed by atoms with Crippen LogP contribution in [-0.4, -0.2) is 27.2 Å². The highest BCUT2D eigenvalue weighted by Gasteiger charge is 2.19. The van der Waals surface area contributed by atoms with Crippen molar-refractivity contribution in [2.24, 2.45) is 0 Å². The van der Waals surface area contributed by atoms with Crippen molar-refractivity contribution in [3.63, 3.8) is 0 Å². The molecule has 0 spiro atoms. The number of ether oxygens (including phenoxy) is 3. The average Bonchev–Trinajstić information content (AvgIpc) is 2.62. The van der Waals surface area contributed by atoms with Gasteiger partial charge in [0, 0.05) is 5.56 Å². The number of methoxy groups -OCH3 is 3. The van der Waals surface area contributed by atoms with Gasteiger partial charge in [-0.25, -0.2) is 0 Å². The maximum Gasteiger partial charge on any atom is 0.252 e. The van der Waals surface area contributed by atoms with Crippen LogP contribution in [0, 0.1) is 20.8 Å². The first kappa shape index (κ1) is 19.6. The van der Waals surface area contributed by atoms with Crippen molar-refractivity contribution < 1.29 is 19.0 Å². The van der Waals surface area contributed by atoms with Gasteiger partial charge in [-0.3, -0.25) is 4.79 Å². The molecule has 0 aliphatic rings. The van der Waals surface area contributed by atoms with E-state index in [1.54, 1.807) is 12.1 Å². The fraction of sp³-hybridized carbons (Fsp3) is 0.381. The van der Waals surface area contributed by atoms with E-state index in [0.717, 1.165) is 11.1 Å². The van der Waals surface area contributed by atoms with Crippen LogP contribution in [0.3, 0.4) is 0 Å². The molecule has 0 aliphatic heterocycles. The molecule has 140 valence electrons. The molecule has 0 fully saturated rings. The van der Waals surface area contributed by atoms with Crippen LogP contribution in [0.2, 0.25) is 0 Å². The fourth-order valence-corrected chi connectivity index (χ4v) is 3.02. The molecule has 2 aromatic carbocycles. The molecule has 0 heterocycles. The zero-order valence-corrected chi connectivity index (χ0v) is 16.5. The summed E-state index contributed by atoms with van der Waals surface area (Å²) in [5.41, 5.74) is 5.17. The zero-order chi connectivity index (χ0) is 19.4. The molecule has 26 heavy (non-hydrogen) atoms. The molecule has 0 saturated carbocycles. The monoisotopic (exact) mass is 357 g/mol. The lowest BCUT2D eigenvalue weighted by Gasteiger charge is -2.19. The Kier molecular flexibility index (Phi) is 6.14. The fourth-order valence-electron chi connectivity index (χ4n) is 3.02. The molecular weight excluding hydrogens is 330 g/mol. The molecule has 0 saturated heterocycles. The van der Waals surface area contributed by atoms with Crippen molar-refractivity contribution in [3.8, 4) is 17.2 Å². The second kappa shape index (κ2) is 8.13. The van der Waals surface area contributed by atoms with Crippen LogP contribution in [0.5, 0.6) is 17.2 Å². The maximum atomic E-state index is 12.8. The van der Waals surface area contributed by atoms with Gasteiger partial charge >= 0.3 is 0 Å². The number of aryl methyl sites for hydroxylation is 3. The highest BCUT2D eigenvalue weighted by molar-refractivity contribution is 5.96. The van der Waals surface area contributed by atoms with Crippen molar-refractivity contribution in [2.45, 2.75) is 33.7 Å². The third kappa shape index (κ3) is 3.93. The van der Waals surface area contributed by atoms with Crippen molar-refractivity contribution in [2.75, 3.05) is 21.3 Å². The highest BCUT2D eigenvalue weighted by Crippen LogP contribution is 2.38. The molecular formula is C21H27NO4. The van der Waals surface area contributed by atoms with E-state index in [1.165, 1.54) is 32.5 Å². The Morgan fingerprint density at radius 2 is 1.38 bits per heavy atom. The molecule has 0 radical (unpaired) electrons. The Hall–Kier alpha value is -2.69. The van der Waals surface area contributed by atoms with Gasteiger partial charge in [-0.2, -0.15) is 0 Å². The summed E-state index contributed by atoms with van der Waals surface area (Å²) >= 11 is 0. The minimum atomic E-state index is -0.200. The lowest BCUT2D eigenvalue weighted by molar-refractivity contribution is 0.0939. The molecule has 5 heteroatoms. The van der Waals surface area contributed by atoms with Crippen molar-refractivity contribution in [1.29, 1.82) is 0 Å². The molecule has 2 aromatic rings. The van der Waals surface area contributed by atoms with Crippen molar-refractivity contribution in [1.82, 2.24) is 5.32 Å². The van der Waals surface area contributed by atoms with Crippen molar-refractivity contribution >= 4 is 5.91 Å². The van der Waals surface area contributed by atoms with E-state index in [0.29, 0.717) is 22.8 Å². The number of hydrogen-bond donors (Lipinski definition) is 1. The maximum absolute atomic E-state index is 12.8. The van der Waals surface area contributed by atoms with Gasteiger partial charge in [-0.15, -0.1) is 0 Å². The Morgan fingerprint density at radius 3 is 1.88 bits per heavy atom. The number of nitrogens with one attached hydrogen (secondary N) is 1. The Bertz CT molecular complexity index is 789. The molecule has 2 rings (SSSR count). The summed E-state index contributed by atoms with van der Waals surface area (Å²) in [6.07, 6.45) is 0. The van der Waals surface area contributed by atoms with Crippen LogP contribution >= 0.6 is 0 Å². The standard InChI is InChI=1S/C21H27NO4/c1-12-8-14(3)17(9-13(12)2)15(4)22-21(23)16-10-18(24-5)20(26-7)19(11-16)25-6/h8-11,15H,1-7H3,(H,22,23)/t15-/m0/s1. The highest BCUT2D eigenvalue weighted by atomic mass is 16.5. The number of carbonyl (C=O) groups is 1. The molecule has 0 aromatic heterocycles. The van der Waals surface area contributed by atoms with Crippen LogP contribution in [-0.2, 0) is 0 Å². The summed E-state index contributed by atoms with van der Waals surface area (Å²) in [7, 11) is 4.59. The lowest BCUT2D eigenvalue weighted by atomic mass is 9.96. The number of carbonyl (C=O) groups excluding carboxylic acids is 1. The molecule has 0 aliphatic carbocycles. The van der Waals surface area contributed by atoms with E-state index < -0.39 is 0 Å². The average molecular weight is 357 g/mol.